The number of pyridine rings is 2. The van der Waals surface area contributed by atoms with E-state index in [9.17, 15) is 10.0 Å². The molecule has 35 heavy (non-hydrogen) atoms. The molecule has 7 nitrogen and oxygen atoms in total. The minimum absolute atomic E-state index is 0.0231. The summed E-state index contributed by atoms with van der Waals surface area (Å²) in [6.45, 7) is 4.91. The van der Waals surface area contributed by atoms with Crippen LogP contribution in [0.25, 0.3) is 0 Å². The number of hydrogen-bond donors (Lipinski definition) is 0. The highest BCUT2D eigenvalue weighted by atomic mass is 79.9. The number of benzene rings is 1. The van der Waals surface area contributed by atoms with E-state index in [2.05, 4.69) is 46.0 Å². The first-order valence-corrected chi connectivity index (χ1v) is 12.7. The average Bonchev–Trinajstić information content (AvgIpc) is 3.01. The molecule has 2 aliphatic rings. The van der Waals surface area contributed by atoms with Crippen molar-refractivity contribution in [2.24, 2.45) is 0 Å². The second-order valence-electron chi connectivity index (χ2n) is 9.30. The third-order valence-corrected chi connectivity index (χ3v) is 7.45. The standard InChI is InChI=1S/C27H29BrN4O3/c1-18-13-20-3-4-21-16-22(28)17-29-26(21)27(25(20)23(14-18)35-2)31-11-9-30(10-12-31)24(33)15-19-5-7-32(34)8-6-19/h5-8,13-14,16-17,27H,3-4,9-12,15H2,1-2H3. The second-order valence-corrected chi connectivity index (χ2v) is 10.2. The van der Waals surface area contributed by atoms with Gasteiger partial charge in [0.1, 0.15) is 5.75 Å². The summed E-state index contributed by atoms with van der Waals surface area (Å²) in [4.78, 5) is 22.2. The van der Waals surface area contributed by atoms with Crippen LogP contribution in [0.1, 0.15) is 39.6 Å². The molecule has 3 heterocycles. The van der Waals surface area contributed by atoms with Crippen LogP contribution in [-0.2, 0) is 24.1 Å². The number of fused-ring (bicyclic) bond motifs is 2. The van der Waals surface area contributed by atoms with Gasteiger partial charge in [-0.2, -0.15) is 4.73 Å². The first-order chi connectivity index (χ1) is 16.9. The zero-order valence-electron chi connectivity index (χ0n) is 20.0. The first kappa shape index (κ1) is 23.8. The molecule has 1 atom stereocenters. The highest BCUT2D eigenvalue weighted by Crippen LogP contribution is 2.42. The molecule has 1 saturated heterocycles. The number of ether oxygens (including phenoxy) is 1. The Bertz CT molecular complexity index is 1240. The first-order valence-electron chi connectivity index (χ1n) is 11.9. The van der Waals surface area contributed by atoms with Gasteiger partial charge in [-0.1, -0.05) is 6.07 Å². The molecule has 1 fully saturated rings. The van der Waals surface area contributed by atoms with Gasteiger partial charge in [-0.3, -0.25) is 14.7 Å². The maximum atomic E-state index is 12.9. The van der Waals surface area contributed by atoms with E-state index in [1.807, 2.05) is 11.1 Å². The molecule has 2 aromatic heterocycles. The van der Waals surface area contributed by atoms with Crippen LogP contribution in [0.15, 0.2) is 53.4 Å². The van der Waals surface area contributed by atoms with E-state index in [4.69, 9.17) is 9.72 Å². The smallest absolute Gasteiger partial charge is 0.227 e. The molecule has 0 radical (unpaired) electrons. The van der Waals surface area contributed by atoms with Crippen LogP contribution in [0.4, 0.5) is 0 Å². The Kier molecular flexibility index (Phi) is 6.75. The molecule has 5 rings (SSSR count). The summed E-state index contributed by atoms with van der Waals surface area (Å²) in [6.07, 6.45) is 6.91. The number of aryl methyl sites for hydroxylation is 3. The van der Waals surface area contributed by atoms with Gasteiger partial charge in [0.05, 0.1) is 25.3 Å². The molecule has 0 spiro atoms. The van der Waals surface area contributed by atoms with E-state index < -0.39 is 0 Å². The number of nitrogens with zero attached hydrogens (tertiary/aromatic N) is 4. The Balaban J connectivity index is 1.42. The van der Waals surface area contributed by atoms with Crippen molar-refractivity contribution < 1.29 is 14.3 Å². The number of rotatable bonds is 4. The molecule has 1 aromatic carbocycles. The number of amides is 1. The van der Waals surface area contributed by atoms with Gasteiger partial charge in [-0.25, -0.2) is 0 Å². The zero-order chi connectivity index (χ0) is 24.5. The van der Waals surface area contributed by atoms with Gasteiger partial charge in [-0.05, 0) is 70.1 Å². The third kappa shape index (κ3) is 4.90. The van der Waals surface area contributed by atoms with Crippen LogP contribution >= 0.6 is 15.9 Å². The van der Waals surface area contributed by atoms with Crippen LogP contribution in [0, 0.1) is 12.1 Å². The lowest BCUT2D eigenvalue weighted by Crippen LogP contribution is -2.50. The van der Waals surface area contributed by atoms with Gasteiger partial charge in [0.25, 0.3) is 0 Å². The largest absolute Gasteiger partial charge is 0.619 e. The fourth-order valence-corrected chi connectivity index (χ4v) is 5.68. The topological polar surface area (TPSA) is 72.6 Å². The number of piperazine rings is 1. The Hall–Kier alpha value is -2.97. The summed E-state index contributed by atoms with van der Waals surface area (Å²) in [7, 11) is 1.74. The van der Waals surface area contributed by atoms with Gasteiger partial charge in [0, 0.05) is 54.5 Å². The highest BCUT2D eigenvalue weighted by Gasteiger charge is 2.35. The van der Waals surface area contributed by atoms with Crippen molar-refractivity contribution in [1.29, 1.82) is 0 Å². The van der Waals surface area contributed by atoms with E-state index >= 15 is 0 Å². The molecule has 3 aromatic rings. The average molecular weight is 537 g/mol. The van der Waals surface area contributed by atoms with Crippen molar-refractivity contribution in [3.63, 3.8) is 0 Å². The number of halogens is 1. The van der Waals surface area contributed by atoms with E-state index in [0.717, 1.165) is 52.1 Å². The Morgan fingerprint density at radius 1 is 1.14 bits per heavy atom. The molecule has 0 N–H and O–H groups in total. The van der Waals surface area contributed by atoms with Crippen molar-refractivity contribution in [3.8, 4) is 5.75 Å². The molecule has 1 aliphatic heterocycles. The van der Waals surface area contributed by atoms with Gasteiger partial charge in [0.15, 0.2) is 12.4 Å². The van der Waals surface area contributed by atoms with Crippen molar-refractivity contribution in [1.82, 2.24) is 14.8 Å². The fraction of sp³-hybridized carbons (Fsp3) is 0.370. The van der Waals surface area contributed by atoms with Gasteiger partial charge < -0.3 is 14.8 Å². The van der Waals surface area contributed by atoms with Crippen LogP contribution in [0.3, 0.4) is 0 Å². The molecule has 182 valence electrons. The summed E-state index contributed by atoms with van der Waals surface area (Å²) in [5, 5.41) is 11.3. The lowest BCUT2D eigenvalue weighted by molar-refractivity contribution is -0.605. The Morgan fingerprint density at radius 3 is 2.57 bits per heavy atom. The summed E-state index contributed by atoms with van der Waals surface area (Å²) < 4.78 is 7.61. The monoisotopic (exact) mass is 536 g/mol. The van der Waals surface area contributed by atoms with Crippen LogP contribution in [0.5, 0.6) is 5.75 Å². The van der Waals surface area contributed by atoms with Gasteiger partial charge in [-0.15, -0.1) is 0 Å². The number of methoxy groups -OCH3 is 1. The molecule has 8 heteroatoms. The van der Waals surface area contributed by atoms with Crippen LogP contribution in [0.2, 0.25) is 0 Å². The minimum Gasteiger partial charge on any atom is -0.619 e. The zero-order valence-corrected chi connectivity index (χ0v) is 21.6. The molecule has 1 aliphatic carbocycles. The van der Waals surface area contributed by atoms with E-state index in [-0.39, 0.29) is 11.9 Å². The molecular weight excluding hydrogens is 508 g/mol. The lowest BCUT2D eigenvalue weighted by atomic mass is 9.93. The van der Waals surface area contributed by atoms with Crippen LogP contribution in [-0.4, -0.2) is 54.0 Å². The summed E-state index contributed by atoms with van der Waals surface area (Å²) in [6, 6.07) is 9.96. The molecule has 0 saturated carbocycles. The predicted octanol–water partition coefficient (Wildman–Crippen LogP) is 3.37. The maximum Gasteiger partial charge on any atom is 0.227 e. The number of carbonyl (C=O) groups excluding carboxylic acids is 1. The third-order valence-electron chi connectivity index (χ3n) is 7.01. The molecule has 0 bridgehead atoms. The summed E-state index contributed by atoms with van der Waals surface area (Å²) >= 11 is 3.60. The van der Waals surface area contributed by atoms with Crippen molar-refractivity contribution >= 4 is 21.8 Å². The molecule has 1 amide bonds. The van der Waals surface area contributed by atoms with E-state index in [0.29, 0.717) is 19.5 Å². The normalized spacial score (nSPS) is 17.9. The summed E-state index contributed by atoms with van der Waals surface area (Å²) in [5.41, 5.74) is 6.87. The van der Waals surface area contributed by atoms with E-state index in [1.54, 1.807) is 19.2 Å². The Labute approximate surface area is 214 Å². The molecule has 1 unspecified atom stereocenters. The maximum absolute atomic E-state index is 12.9. The number of aromatic nitrogens is 2. The highest BCUT2D eigenvalue weighted by molar-refractivity contribution is 9.10. The Morgan fingerprint density at radius 2 is 1.86 bits per heavy atom. The fourth-order valence-electron chi connectivity index (χ4n) is 5.30. The quantitative estimate of drug-likeness (QED) is 0.377. The van der Waals surface area contributed by atoms with Crippen molar-refractivity contribution in [2.75, 3.05) is 33.3 Å². The van der Waals surface area contributed by atoms with Crippen LogP contribution < -0.4 is 9.47 Å². The predicted molar refractivity (Wildman–Crippen MR) is 136 cm³/mol. The SMILES string of the molecule is COc1cc(C)cc2c1C(N1CCN(C(=O)Cc3cc[n+]([O-])cc3)CC1)c1ncc(Br)cc1CC2. The lowest BCUT2D eigenvalue weighted by Gasteiger charge is -2.40. The number of carbonyl (C=O) groups is 1. The minimum atomic E-state index is -0.0231. The second kappa shape index (κ2) is 9.95. The van der Waals surface area contributed by atoms with Gasteiger partial charge in [0.2, 0.25) is 5.91 Å². The van der Waals surface area contributed by atoms with Gasteiger partial charge >= 0.3 is 0 Å². The van der Waals surface area contributed by atoms with E-state index in [1.165, 1.54) is 34.6 Å². The van der Waals surface area contributed by atoms with Crippen molar-refractivity contribution in [2.45, 2.75) is 32.2 Å². The number of hydrogen-bond acceptors (Lipinski definition) is 5. The summed E-state index contributed by atoms with van der Waals surface area (Å²) in [5.74, 6) is 0.992. The molecular formula is C27H29BrN4O3. The van der Waals surface area contributed by atoms with Crippen molar-refractivity contribution in [3.05, 3.63) is 92.1 Å².